The van der Waals surface area contributed by atoms with Crippen LogP contribution in [0.5, 0.6) is 0 Å². The molecule has 1 aliphatic heterocycles. The SMILES string of the molecule is CC(C)(C)OC(=O)CC1COS(=O)(=O)N1C(=O)O. The molecule has 0 aliphatic carbocycles. The number of hydrogen-bond donors (Lipinski definition) is 1. The molecule has 0 aromatic rings. The number of ether oxygens (including phenoxy) is 1. The molecule has 18 heavy (non-hydrogen) atoms. The Morgan fingerprint density at radius 3 is 2.44 bits per heavy atom. The van der Waals surface area contributed by atoms with Crippen LogP contribution >= 0.6 is 0 Å². The minimum Gasteiger partial charge on any atom is -0.464 e. The molecule has 1 fully saturated rings. The van der Waals surface area contributed by atoms with Crippen LogP contribution in [-0.4, -0.2) is 48.1 Å². The average molecular weight is 281 g/mol. The van der Waals surface area contributed by atoms with Crippen molar-refractivity contribution in [3.63, 3.8) is 0 Å². The second kappa shape index (κ2) is 4.73. The van der Waals surface area contributed by atoms with Crippen LogP contribution in [0.1, 0.15) is 27.2 Å². The van der Waals surface area contributed by atoms with Gasteiger partial charge >= 0.3 is 22.4 Å². The maximum Gasteiger partial charge on any atom is 0.423 e. The van der Waals surface area contributed by atoms with Crippen LogP contribution in [0.15, 0.2) is 0 Å². The van der Waals surface area contributed by atoms with Gasteiger partial charge in [0.25, 0.3) is 0 Å². The number of amides is 1. The van der Waals surface area contributed by atoms with Gasteiger partial charge in [-0.1, -0.05) is 0 Å². The van der Waals surface area contributed by atoms with Crippen LogP contribution < -0.4 is 0 Å². The Hall–Kier alpha value is -1.35. The highest BCUT2D eigenvalue weighted by Gasteiger charge is 2.44. The van der Waals surface area contributed by atoms with Crippen molar-refractivity contribution in [2.24, 2.45) is 0 Å². The van der Waals surface area contributed by atoms with Crippen molar-refractivity contribution >= 4 is 22.4 Å². The predicted molar refractivity (Wildman–Crippen MR) is 59.0 cm³/mol. The highest BCUT2D eigenvalue weighted by atomic mass is 32.2. The zero-order valence-corrected chi connectivity index (χ0v) is 11.1. The second-order valence-electron chi connectivity index (χ2n) is 4.77. The number of carbonyl (C=O) groups is 2. The Labute approximate surface area is 105 Å². The van der Waals surface area contributed by atoms with Crippen molar-refractivity contribution in [2.45, 2.75) is 38.8 Å². The Balaban J connectivity index is 2.74. The molecule has 1 saturated heterocycles. The summed E-state index contributed by atoms with van der Waals surface area (Å²) in [4.78, 5) is 22.3. The van der Waals surface area contributed by atoms with Crippen molar-refractivity contribution < 1.29 is 32.0 Å². The van der Waals surface area contributed by atoms with Crippen LogP contribution in [-0.2, 0) is 24.0 Å². The lowest BCUT2D eigenvalue weighted by molar-refractivity contribution is -0.155. The maximum atomic E-state index is 11.5. The lowest BCUT2D eigenvalue weighted by Crippen LogP contribution is -2.40. The van der Waals surface area contributed by atoms with Crippen molar-refractivity contribution in [3.8, 4) is 0 Å². The third-order valence-electron chi connectivity index (χ3n) is 1.99. The summed E-state index contributed by atoms with van der Waals surface area (Å²) < 4.78 is 32.0. The van der Waals surface area contributed by atoms with Gasteiger partial charge in [0.1, 0.15) is 5.60 Å². The smallest absolute Gasteiger partial charge is 0.423 e. The molecule has 1 amide bonds. The fourth-order valence-corrected chi connectivity index (χ4v) is 2.58. The van der Waals surface area contributed by atoms with E-state index in [0.717, 1.165) is 0 Å². The Bertz CT molecular complexity index is 450. The monoisotopic (exact) mass is 281 g/mol. The third kappa shape index (κ3) is 3.57. The fraction of sp³-hybridized carbons (Fsp3) is 0.778. The standard InChI is InChI=1S/C9H15NO7S/c1-9(2,3)17-7(11)4-6-5-16-18(14,15)10(6)8(12)13/h6H,4-5H2,1-3H3,(H,12,13). The van der Waals surface area contributed by atoms with E-state index in [1.54, 1.807) is 20.8 Å². The first-order valence-electron chi connectivity index (χ1n) is 5.16. The lowest BCUT2D eigenvalue weighted by atomic mass is 10.2. The number of rotatable bonds is 2. The van der Waals surface area contributed by atoms with E-state index in [4.69, 9.17) is 9.84 Å². The molecule has 9 heteroatoms. The van der Waals surface area contributed by atoms with E-state index in [1.165, 1.54) is 0 Å². The van der Waals surface area contributed by atoms with E-state index in [1.807, 2.05) is 0 Å². The molecule has 104 valence electrons. The maximum absolute atomic E-state index is 11.5. The molecule has 1 rings (SSSR count). The number of carboxylic acid groups (broad SMARTS) is 1. The summed E-state index contributed by atoms with van der Waals surface area (Å²) in [6.45, 7) is 4.58. The molecular formula is C9H15NO7S. The normalized spacial score (nSPS) is 22.8. The van der Waals surface area contributed by atoms with Crippen LogP contribution in [0.3, 0.4) is 0 Å². The summed E-state index contributed by atoms with van der Waals surface area (Å²) in [5.74, 6) is -0.681. The molecule has 0 aromatic carbocycles. The van der Waals surface area contributed by atoms with E-state index in [-0.39, 0.29) is 17.3 Å². The third-order valence-corrected chi connectivity index (χ3v) is 3.36. The number of esters is 1. The molecule has 1 N–H and O–H groups in total. The van der Waals surface area contributed by atoms with E-state index in [9.17, 15) is 18.0 Å². The average Bonchev–Trinajstić information content (AvgIpc) is 2.37. The summed E-state index contributed by atoms with van der Waals surface area (Å²) in [7, 11) is -4.30. The topological polar surface area (TPSA) is 110 Å². The van der Waals surface area contributed by atoms with Crippen LogP contribution in [0.4, 0.5) is 4.79 Å². The minimum atomic E-state index is -4.30. The summed E-state index contributed by atoms with van der Waals surface area (Å²) >= 11 is 0. The van der Waals surface area contributed by atoms with Gasteiger partial charge in [-0.15, -0.1) is 0 Å². The van der Waals surface area contributed by atoms with Crippen LogP contribution in [0, 0.1) is 0 Å². The van der Waals surface area contributed by atoms with E-state index < -0.39 is 34.0 Å². The van der Waals surface area contributed by atoms with Gasteiger partial charge < -0.3 is 9.84 Å². The quantitative estimate of drug-likeness (QED) is 0.726. The number of carbonyl (C=O) groups excluding carboxylic acids is 1. The zero-order valence-electron chi connectivity index (χ0n) is 10.2. The van der Waals surface area contributed by atoms with Crippen molar-refractivity contribution in [2.75, 3.05) is 6.61 Å². The summed E-state index contributed by atoms with van der Waals surface area (Å²) in [6.07, 6.45) is -2.05. The zero-order chi connectivity index (χ0) is 14.1. The molecule has 1 unspecified atom stereocenters. The van der Waals surface area contributed by atoms with Gasteiger partial charge in [0, 0.05) is 0 Å². The van der Waals surface area contributed by atoms with Crippen LogP contribution in [0.25, 0.3) is 0 Å². The largest absolute Gasteiger partial charge is 0.464 e. The molecule has 8 nitrogen and oxygen atoms in total. The highest BCUT2D eigenvalue weighted by molar-refractivity contribution is 7.85. The lowest BCUT2D eigenvalue weighted by Gasteiger charge is -2.22. The Morgan fingerprint density at radius 1 is 1.44 bits per heavy atom. The first-order valence-corrected chi connectivity index (χ1v) is 6.53. The van der Waals surface area contributed by atoms with Gasteiger partial charge in [-0.05, 0) is 20.8 Å². The molecule has 1 aliphatic rings. The molecular weight excluding hydrogens is 266 g/mol. The molecule has 0 saturated carbocycles. The number of nitrogens with zero attached hydrogens (tertiary/aromatic N) is 1. The Morgan fingerprint density at radius 2 is 2.00 bits per heavy atom. The molecule has 1 atom stereocenters. The van der Waals surface area contributed by atoms with Crippen LogP contribution in [0.2, 0.25) is 0 Å². The Kier molecular flexibility index (Phi) is 3.86. The molecule has 0 radical (unpaired) electrons. The van der Waals surface area contributed by atoms with Gasteiger partial charge in [-0.2, -0.15) is 12.7 Å². The number of hydrogen-bond acceptors (Lipinski definition) is 6. The summed E-state index contributed by atoms with van der Waals surface area (Å²) in [5.41, 5.74) is -0.719. The summed E-state index contributed by atoms with van der Waals surface area (Å²) in [5, 5.41) is 8.78. The first-order chi connectivity index (χ1) is 8.03. The van der Waals surface area contributed by atoms with Gasteiger partial charge in [-0.3, -0.25) is 8.98 Å². The van der Waals surface area contributed by atoms with E-state index in [2.05, 4.69) is 4.18 Å². The van der Waals surface area contributed by atoms with E-state index >= 15 is 0 Å². The van der Waals surface area contributed by atoms with E-state index in [0.29, 0.717) is 0 Å². The minimum absolute atomic E-state index is 0.136. The van der Waals surface area contributed by atoms with Gasteiger partial charge in [0.05, 0.1) is 19.1 Å². The predicted octanol–water partition coefficient (Wildman–Crippen LogP) is 0.342. The first kappa shape index (κ1) is 14.7. The van der Waals surface area contributed by atoms with Crippen molar-refractivity contribution in [1.82, 2.24) is 4.31 Å². The van der Waals surface area contributed by atoms with Gasteiger partial charge in [-0.25, -0.2) is 4.79 Å². The molecule has 1 heterocycles. The van der Waals surface area contributed by atoms with Crippen molar-refractivity contribution in [3.05, 3.63) is 0 Å². The highest BCUT2D eigenvalue weighted by Crippen LogP contribution is 2.22. The fourth-order valence-electron chi connectivity index (χ4n) is 1.44. The van der Waals surface area contributed by atoms with Gasteiger partial charge in [0.15, 0.2) is 0 Å². The van der Waals surface area contributed by atoms with Gasteiger partial charge in [0.2, 0.25) is 0 Å². The molecule has 0 spiro atoms. The molecule has 0 aromatic heterocycles. The summed E-state index contributed by atoms with van der Waals surface area (Å²) in [6, 6.07) is -1.08. The molecule has 0 bridgehead atoms. The second-order valence-corrected chi connectivity index (χ2v) is 6.25. The van der Waals surface area contributed by atoms with Crippen molar-refractivity contribution in [1.29, 1.82) is 0 Å².